The number of anilines is 1. The fourth-order valence-corrected chi connectivity index (χ4v) is 4.21. The topological polar surface area (TPSA) is 83.7 Å². The number of fused-ring (bicyclic) bond motifs is 1. The van der Waals surface area contributed by atoms with Crippen LogP contribution in [0.4, 0.5) is 19.0 Å². The van der Waals surface area contributed by atoms with Crippen LogP contribution >= 0.6 is 0 Å². The van der Waals surface area contributed by atoms with Crippen molar-refractivity contribution in [3.8, 4) is 17.1 Å². The van der Waals surface area contributed by atoms with Crippen LogP contribution in [0.2, 0.25) is 0 Å². The lowest BCUT2D eigenvalue weighted by molar-refractivity contribution is -0.161. The van der Waals surface area contributed by atoms with E-state index in [0.29, 0.717) is 35.9 Å². The second kappa shape index (κ2) is 7.10. The second-order valence-corrected chi connectivity index (χ2v) is 8.09. The zero-order chi connectivity index (χ0) is 21.8. The van der Waals surface area contributed by atoms with Gasteiger partial charge < -0.3 is 20.5 Å². The number of aliphatic hydroxyl groups excluding tert-OH is 1. The molecule has 164 valence electrons. The molecule has 2 fully saturated rings. The third-order valence-electron chi connectivity index (χ3n) is 6.16. The number of hydrogen-bond donors (Lipinski definition) is 3. The number of alkyl halides is 3. The highest BCUT2D eigenvalue weighted by Gasteiger charge is 2.65. The first-order chi connectivity index (χ1) is 14.8. The van der Waals surface area contributed by atoms with Crippen LogP contribution in [0.3, 0.4) is 0 Å². The summed E-state index contributed by atoms with van der Waals surface area (Å²) in [5, 5.41) is 16.3. The third kappa shape index (κ3) is 3.30. The van der Waals surface area contributed by atoms with Gasteiger partial charge in [0.1, 0.15) is 17.2 Å². The molecule has 0 bridgehead atoms. The van der Waals surface area contributed by atoms with Gasteiger partial charge in [0.05, 0.1) is 42.3 Å². The zero-order valence-corrected chi connectivity index (χ0v) is 16.8. The van der Waals surface area contributed by atoms with Crippen molar-refractivity contribution in [1.29, 1.82) is 0 Å². The first kappa shape index (κ1) is 20.1. The van der Waals surface area contributed by atoms with Gasteiger partial charge in [0, 0.05) is 30.9 Å². The Labute approximate surface area is 176 Å². The minimum atomic E-state index is -4.35. The molecule has 1 saturated heterocycles. The molecule has 2 aliphatic rings. The second-order valence-electron chi connectivity index (χ2n) is 8.09. The molecular weight excluding hydrogens is 411 g/mol. The lowest BCUT2D eigenvalue weighted by atomic mass is 9.96. The fourth-order valence-electron chi connectivity index (χ4n) is 4.21. The van der Waals surface area contributed by atoms with Gasteiger partial charge in [-0.15, -0.1) is 0 Å². The van der Waals surface area contributed by atoms with Crippen LogP contribution in [0.5, 0.6) is 5.75 Å². The van der Waals surface area contributed by atoms with Crippen molar-refractivity contribution in [3.05, 3.63) is 42.2 Å². The van der Waals surface area contributed by atoms with Crippen LogP contribution in [-0.4, -0.2) is 58.0 Å². The largest absolute Gasteiger partial charge is 0.496 e. The van der Waals surface area contributed by atoms with E-state index in [1.54, 1.807) is 28.8 Å². The van der Waals surface area contributed by atoms with Gasteiger partial charge in [-0.25, -0.2) is 9.97 Å². The van der Waals surface area contributed by atoms with E-state index >= 15 is 0 Å². The zero-order valence-electron chi connectivity index (χ0n) is 16.8. The van der Waals surface area contributed by atoms with Crippen LogP contribution in [-0.2, 0) is 5.41 Å². The molecule has 5 rings (SSSR count). The van der Waals surface area contributed by atoms with E-state index in [4.69, 9.17) is 4.74 Å². The SMILES string of the molecule is COc1cc2ncc(-c3cccc(N[C@H]4CNC[C@@H]4O)n3)n2cc1C1(C(F)(F)F)CC1. The molecule has 2 atom stereocenters. The lowest BCUT2D eigenvalue weighted by Crippen LogP contribution is -2.32. The number of imidazole rings is 1. The minimum absolute atomic E-state index is 0.0395. The fraction of sp³-hybridized carbons (Fsp3) is 0.429. The average Bonchev–Trinajstić information content (AvgIpc) is 3.33. The third-order valence-corrected chi connectivity index (χ3v) is 6.16. The summed E-state index contributed by atoms with van der Waals surface area (Å²) in [5.41, 5.74) is -0.152. The Balaban J connectivity index is 1.56. The van der Waals surface area contributed by atoms with Crippen LogP contribution in [0, 0.1) is 0 Å². The smallest absolute Gasteiger partial charge is 0.398 e. The Hall–Kier alpha value is -2.85. The first-order valence-electron chi connectivity index (χ1n) is 10.1. The summed E-state index contributed by atoms with van der Waals surface area (Å²) in [6.07, 6.45) is -1.73. The maximum absolute atomic E-state index is 13.8. The van der Waals surface area contributed by atoms with E-state index in [-0.39, 0.29) is 30.2 Å². The summed E-state index contributed by atoms with van der Waals surface area (Å²) < 4.78 is 48.3. The molecule has 0 radical (unpaired) electrons. The predicted molar refractivity (Wildman–Crippen MR) is 108 cm³/mol. The van der Waals surface area contributed by atoms with E-state index in [0.717, 1.165) is 0 Å². The van der Waals surface area contributed by atoms with Crippen molar-refractivity contribution in [3.63, 3.8) is 0 Å². The lowest BCUT2D eigenvalue weighted by Gasteiger charge is -2.22. The molecule has 1 saturated carbocycles. The number of pyridine rings is 2. The van der Waals surface area contributed by atoms with Crippen molar-refractivity contribution in [2.24, 2.45) is 0 Å². The molecule has 3 aromatic heterocycles. The molecule has 4 heterocycles. The van der Waals surface area contributed by atoms with Crippen molar-refractivity contribution in [2.45, 2.75) is 36.6 Å². The predicted octanol–water partition coefficient (Wildman–Crippen LogP) is 2.74. The molecule has 31 heavy (non-hydrogen) atoms. The summed E-state index contributed by atoms with van der Waals surface area (Å²) in [7, 11) is 1.37. The number of ether oxygens (including phenoxy) is 1. The number of β-amino-alcohol motifs (C(OH)–C–C–N with tert-alkyl or cyclic N) is 1. The molecule has 10 heteroatoms. The normalized spacial score (nSPS) is 22.6. The summed E-state index contributed by atoms with van der Waals surface area (Å²) in [4.78, 5) is 8.94. The highest BCUT2D eigenvalue weighted by atomic mass is 19.4. The van der Waals surface area contributed by atoms with Gasteiger partial charge in [0.15, 0.2) is 0 Å². The van der Waals surface area contributed by atoms with Crippen LogP contribution in [0.15, 0.2) is 36.7 Å². The number of nitrogens with zero attached hydrogens (tertiary/aromatic N) is 3. The number of rotatable bonds is 5. The molecule has 0 spiro atoms. The maximum atomic E-state index is 13.8. The molecule has 0 unspecified atom stereocenters. The highest BCUT2D eigenvalue weighted by Crippen LogP contribution is 2.60. The average molecular weight is 433 g/mol. The Bertz CT molecular complexity index is 1130. The van der Waals surface area contributed by atoms with Gasteiger partial charge in [0.2, 0.25) is 0 Å². The number of methoxy groups -OCH3 is 1. The Morgan fingerprint density at radius 3 is 2.74 bits per heavy atom. The summed E-state index contributed by atoms with van der Waals surface area (Å²) in [5.74, 6) is 0.758. The van der Waals surface area contributed by atoms with Gasteiger partial charge >= 0.3 is 6.18 Å². The van der Waals surface area contributed by atoms with Gasteiger partial charge in [0.25, 0.3) is 0 Å². The molecule has 0 amide bonds. The quantitative estimate of drug-likeness (QED) is 0.574. The van der Waals surface area contributed by atoms with Gasteiger partial charge in [-0.3, -0.25) is 4.40 Å². The highest BCUT2D eigenvalue weighted by molar-refractivity contribution is 5.64. The van der Waals surface area contributed by atoms with Crippen LogP contribution in [0.1, 0.15) is 18.4 Å². The van der Waals surface area contributed by atoms with Gasteiger partial charge in [-0.2, -0.15) is 13.2 Å². The number of halogens is 3. The Morgan fingerprint density at radius 1 is 1.29 bits per heavy atom. The van der Waals surface area contributed by atoms with Crippen LogP contribution < -0.4 is 15.4 Å². The van der Waals surface area contributed by atoms with Gasteiger partial charge in [-0.05, 0) is 25.0 Å². The molecular formula is C21H22F3N5O2. The summed E-state index contributed by atoms with van der Waals surface area (Å²) in [6.45, 7) is 1.13. The monoisotopic (exact) mass is 433 g/mol. The van der Waals surface area contributed by atoms with E-state index in [2.05, 4.69) is 20.6 Å². The summed E-state index contributed by atoms with van der Waals surface area (Å²) >= 11 is 0. The Kier molecular flexibility index (Phi) is 4.60. The first-order valence-corrected chi connectivity index (χ1v) is 10.1. The standard InChI is InChI=1S/C21H22F3N5O2/c1-31-17-7-19-26-9-15(29(19)11-12(17)20(5-6-20)21(22,23)24)13-3-2-4-18(27-13)28-14-8-25-10-16(14)30/h2-4,7,9,11,14,16,25,30H,5-6,8,10H2,1H3,(H,27,28)/t14-,16-/m0/s1. The molecule has 7 nitrogen and oxygen atoms in total. The van der Waals surface area contributed by atoms with E-state index in [1.165, 1.54) is 19.4 Å². The van der Waals surface area contributed by atoms with Crippen LogP contribution in [0.25, 0.3) is 17.0 Å². The molecule has 0 aromatic carbocycles. The van der Waals surface area contributed by atoms with Crippen molar-refractivity contribution >= 4 is 11.5 Å². The van der Waals surface area contributed by atoms with E-state index < -0.39 is 17.7 Å². The minimum Gasteiger partial charge on any atom is -0.496 e. The maximum Gasteiger partial charge on any atom is 0.398 e. The number of hydrogen-bond acceptors (Lipinski definition) is 6. The molecule has 3 aromatic rings. The summed E-state index contributed by atoms with van der Waals surface area (Å²) in [6, 6.07) is 6.74. The number of nitrogens with one attached hydrogen (secondary N) is 2. The molecule has 3 N–H and O–H groups in total. The number of aliphatic hydroxyl groups is 1. The molecule has 1 aliphatic heterocycles. The molecule has 1 aliphatic carbocycles. The van der Waals surface area contributed by atoms with Crippen molar-refractivity contribution in [2.75, 3.05) is 25.5 Å². The van der Waals surface area contributed by atoms with Crippen molar-refractivity contribution < 1.29 is 23.0 Å². The van der Waals surface area contributed by atoms with E-state index in [9.17, 15) is 18.3 Å². The Morgan fingerprint density at radius 2 is 2.10 bits per heavy atom. The number of aromatic nitrogens is 3. The van der Waals surface area contributed by atoms with Gasteiger partial charge in [-0.1, -0.05) is 6.07 Å². The van der Waals surface area contributed by atoms with E-state index in [1.807, 2.05) is 0 Å². The van der Waals surface area contributed by atoms with Crippen molar-refractivity contribution in [1.82, 2.24) is 19.7 Å².